The Morgan fingerprint density at radius 1 is 1.26 bits per heavy atom. The predicted molar refractivity (Wildman–Crippen MR) is 106 cm³/mol. The van der Waals surface area contributed by atoms with Crippen LogP contribution >= 0.6 is 11.6 Å². The second-order valence-corrected chi connectivity index (χ2v) is 6.49. The lowest BCUT2D eigenvalue weighted by Crippen LogP contribution is -2.13. The minimum atomic E-state index is -0.238. The number of amides is 1. The smallest absolute Gasteiger partial charge is 0.257 e. The van der Waals surface area contributed by atoms with Gasteiger partial charge in [0.2, 0.25) is 0 Å². The Balaban J connectivity index is 1.66. The van der Waals surface area contributed by atoms with Crippen LogP contribution in [0, 0.1) is 0 Å². The molecule has 0 unspecified atom stereocenters. The van der Waals surface area contributed by atoms with Crippen molar-refractivity contribution in [3.8, 4) is 0 Å². The number of halogens is 1. The van der Waals surface area contributed by atoms with Gasteiger partial charge in [-0.1, -0.05) is 11.6 Å². The molecule has 2 aromatic carbocycles. The van der Waals surface area contributed by atoms with E-state index in [2.05, 4.69) is 15.4 Å². The van der Waals surface area contributed by atoms with Gasteiger partial charge in [0.05, 0.1) is 41.0 Å². The molecule has 7 heteroatoms. The molecule has 1 amide bonds. The maximum Gasteiger partial charge on any atom is 0.257 e. The highest BCUT2D eigenvalue weighted by Crippen LogP contribution is 2.26. The van der Waals surface area contributed by atoms with Gasteiger partial charge in [-0.25, -0.2) is 0 Å². The number of benzene rings is 2. The van der Waals surface area contributed by atoms with Gasteiger partial charge in [-0.15, -0.1) is 0 Å². The van der Waals surface area contributed by atoms with E-state index in [9.17, 15) is 4.79 Å². The van der Waals surface area contributed by atoms with Gasteiger partial charge in [0.25, 0.3) is 5.91 Å². The molecular formula is C20H17ClN4O2. The van der Waals surface area contributed by atoms with Crippen LogP contribution in [0.25, 0.3) is 21.8 Å². The van der Waals surface area contributed by atoms with Crippen LogP contribution in [-0.2, 0) is 11.3 Å². The Morgan fingerprint density at radius 3 is 3.00 bits per heavy atom. The summed E-state index contributed by atoms with van der Waals surface area (Å²) in [6.45, 7) is 1.21. The van der Waals surface area contributed by atoms with Gasteiger partial charge in [0.15, 0.2) is 0 Å². The minimum absolute atomic E-state index is 0.238. The summed E-state index contributed by atoms with van der Waals surface area (Å²) in [5.41, 5.74) is 2.67. The van der Waals surface area contributed by atoms with E-state index in [0.717, 1.165) is 16.3 Å². The van der Waals surface area contributed by atoms with Crippen LogP contribution < -0.4 is 5.32 Å². The molecule has 27 heavy (non-hydrogen) atoms. The number of nitrogens with zero attached hydrogens (tertiary/aromatic N) is 3. The third kappa shape index (κ3) is 3.37. The molecule has 0 saturated heterocycles. The first-order valence-electron chi connectivity index (χ1n) is 8.46. The van der Waals surface area contributed by atoms with Crippen molar-refractivity contribution in [2.24, 2.45) is 0 Å². The number of hydrogen-bond donors (Lipinski definition) is 1. The summed E-state index contributed by atoms with van der Waals surface area (Å²) >= 11 is 6.21. The van der Waals surface area contributed by atoms with Crippen LogP contribution in [0.2, 0.25) is 5.02 Å². The molecule has 1 N–H and O–H groups in total. The fourth-order valence-electron chi connectivity index (χ4n) is 3.02. The van der Waals surface area contributed by atoms with Crippen LogP contribution in [0.5, 0.6) is 0 Å². The van der Waals surface area contributed by atoms with Crippen molar-refractivity contribution >= 4 is 45.0 Å². The molecule has 0 aliphatic rings. The molecule has 2 heterocycles. The molecule has 0 fully saturated rings. The number of hydrogen-bond acceptors (Lipinski definition) is 4. The third-order valence-electron chi connectivity index (χ3n) is 4.37. The Labute approximate surface area is 160 Å². The molecule has 0 atom stereocenters. The average molecular weight is 381 g/mol. The first kappa shape index (κ1) is 17.5. The lowest BCUT2D eigenvalue weighted by atomic mass is 10.1. The zero-order valence-electron chi connectivity index (χ0n) is 14.6. The van der Waals surface area contributed by atoms with E-state index in [0.29, 0.717) is 34.9 Å². The largest absolute Gasteiger partial charge is 0.383 e. The zero-order valence-corrected chi connectivity index (χ0v) is 15.4. The molecule has 0 aliphatic carbocycles. The number of fused-ring (bicyclic) bond motifs is 2. The lowest BCUT2D eigenvalue weighted by molar-refractivity contribution is 0.102. The van der Waals surface area contributed by atoms with Gasteiger partial charge < -0.3 is 10.1 Å². The van der Waals surface area contributed by atoms with E-state index < -0.39 is 0 Å². The van der Waals surface area contributed by atoms with Gasteiger partial charge in [-0.05, 0) is 42.5 Å². The van der Waals surface area contributed by atoms with Crippen LogP contribution in [0.15, 0.2) is 54.9 Å². The first-order chi connectivity index (χ1) is 13.2. The number of aromatic nitrogens is 3. The summed E-state index contributed by atoms with van der Waals surface area (Å²) < 4.78 is 6.97. The Hall–Kier alpha value is -2.96. The summed E-state index contributed by atoms with van der Waals surface area (Å²) in [6, 6.07) is 12.7. The van der Waals surface area contributed by atoms with E-state index in [1.165, 1.54) is 0 Å². The molecule has 136 valence electrons. The molecule has 0 aliphatic heterocycles. The predicted octanol–water partition coefficient (Wildman–Crippen LogP) is 4.14. The molecule has 6 nitrogen and oxygen atoms in total. The topological polar surface area (TPSA) is 69.0 Å². The van der Waals surface area contributed by atoms with Crippen molar-refractivity contribution in [3.05, 3.63) is 65.4 Å². The number of carbonyl (C=O) groups excluding carboxylic acids is 1. The summed E-state index contributed by atoms with van der Waals surface area (Å²) in [5.74, 6) is -0.238. The number of pyridine rings is 1. The molecule has 0 radical (unpaired) electrons. The van der Waals surface area contributed by atoms with Crippen molar-refractivity contribution in [2.75, 3.05) is 19.0 Å². The molecular weight excluding hydrogens is 364 g/mol. The monoisotopic (exact) mass is 380 g/mol. The van der Waals surface area contributed by atoms with Crippen molar-refractivity contribution < 1.29 is 9.53 Å². The van der Waals surface area contributed by atoms with Gasteiger partial charge in [0, 0.05) is 29.8 Å². The fraction of sp³-hybridized carbons (Fsp3) is 0.150. The number of anilines is 1. The van der Waals surface area contributed by atoms with E-state index in [1.807, 2.05) is 28.9 Å². The maximum atomic E-state index is 12.8. The van der Waals surface area contributed by atoms with E-state index in [-0.39, 0.29) is 5.91 Å². The SMILES string of the molecule is COCCn1ncc2ccc(NC(=O)c3ccc(Cl)c4cccnc34)cc21. The highest BCUT2D eigenvalue weighted by atomic mass is 35.5. The van der Waals surface area contributed by atoms with Crippen molar-refractivity contribution in [1.82, 2.24) is 14.8 Å². The van der Waals surface area contributed by atoms with Crippen molar-refractivity contribution in [1.29, 1.82) is 0 Å². The Bertz CT molecular complexity index is 1140. The fourth-order valence-corrected chi connectivity index (χ4v) is 3.24. The average Bonchev–Trinajstić information content (AvgIpc) is 3.09. The highest BCUT2D eigenvalue weighted by Gasteiger charge is 2.14. The van der Waals surface area contributed by atoms with Crippen LogP contribution in [0.3, 0.4) is 0 Å². The maximum absolute atomic E-state index is 12.8. The standard InChI is InChI=1S/C20H17ClN4O2/c1-27-10-9-25-18-11-14(5-4-13(18)12-23-25)24-20(26)16-6-7-17(21)15-3-2-8-22-19(15)16/h2-8,11-12H,9-10H2,1H3,(H,24,26). The van der Waals surface area contributed by atoms with E-state index in [1.54, 1.807) is 37.7 Å². The lowest BCUT2D eigenvalue weighted by Gasteiger charge is -2.09. The Kier molecular flexibility index (Phi) is 4.75. The van der Waals surface area contributed by atoms with E-state index >= 15 is 0 Å². The summed E-state index contributed by atoms with van der Waals surface area (Å²) in [5, 5.41) is 9.62. The van der Waals surface area contributed by atoms with Crippen molar-refractivity contribution in [2.45, 2.75) is 6.54 Å². The first-order valence-corrected chi connectivity index (χ1v) is 8.84. The Morgan fingerprint density at radius 2 is 2.15 bits per heavy atom. The molecule has 0 saturated carbocycles. The van der Waals surface area contributed by atoms with Crippen LogP contribution in [0.4, 0.5) is 5.69 Å². The van der Waals surface area contributed by atoms with Crippen LogP contribution in [0.1, 0.15) is 10.4 Å². The van der Waals surface area contributed by atoms with Gasteiger partial charge in [-0.3, -0.25) is 14.5 Å². The second-order valence-electron chi connectivity index (χ2n) is 6.08. The zero-order chi connectivity index (χ0) is 18.8. The highest BCUT2D eigenvalue weighted by molar-refractivity contribution is 6.36. The molecule has 0 spiro atoms. The third-order valence-corrected chi connectivity index (χ3v) is 4.70. The van der Waals surface area contributed by atoms with Crippen molar-refractivity contribution in [3.63, 3.8) is 0 Å². The summed E-state index contributed by atoms with van der Waals surface area (Å²) in [6.07, 6.45) is 3.45. The van der Waals surface area contributed by atoms with E-state index in [4.69, 9.17) is 16.3 Å². The number of nitrogens with one attached hydrogen (secondary N) is 1. The van der Waals surface area contributed by atoms with Gasteiger partial charge >= 0.3 is 0 Å². The van der Waals surface area contributed by atoms with Crippen LogP contribution in [-0.4, -0.2) is 34.4 Å². The number of ether oxygens (including phenoxy) is 1. The number of rotatable bonds is 5. The quantitative estimate of drug-likeness (QED) is 0.565. The summed E-state index contributed by atoms with van der Waals surface area (Å²) in [4.78, 5) is 17.2. The normalized spacial score (nSPS) is 11.2. The number of methoxy groups -OCH3 is 1. The summed E-state index contributed by atoms with van der Waals surface area (Å²) in [7, 11) is 1.65. The minimum Gasteiger partial charge on any atom is -0.383 e. The molecule has 2 aromatic heterocycles. The molecule has 4 rings (SSSR count). The van der Waals surface area contributed by atoms with Gasteiger partial charge in [-0.2, -0.15) is 5.10 Å². The number of carbonyl (C=O) groups is 1. The van der Waals surface area contributed by atoms with Gasteiger partial charge in [0.1, 0.15) is 0 Å². The molecule has 4 aromatic rings. The molecule has 0 bridgehead atoms. The second kappa shape index (κ2) is 7.34.